The highest BCUT2D eigenvalue weighted by Crippen LogP contribution is 2.25. The van der Waals surface area contributed by atoms with E-state index in [1.165, 1.54) is 0 Å². The quantitative estimate of drug-likeness (QED) is 0.783. The average molecular weight is 272 g/mol. The second-order valence-corrected chi connectivity index (χ2v) is 5.39. The Morgan fingerprint density at radius 2 is 2.05 bits per heavy atom. The third kappa shape index (κ3) is 2.95. The minimum atomic E-state index is 0.529. The van der Waals surface area contributed by atoms with Crippen molar-refractivity contribution in [3.63, 3.8) is 0 Å². The molecule has 1 aromatic carbocycles. The predicted octanol–water partition coefficient (Wildman–Crippen LogP) is 3.35. The van der Waals surface area contributed by atoms with Gasteiger partial charge in [0.25, 0.3) is 0 Å². The molecule has 0 fully saturated rings. The van der Waals surface area contributed by atoms with Crippen LogP contribution in [-0.4, -0.2) is 23.4 Å². The largest absolute Gasteiger partial charge is 0.496 e. The lowest BCUT2D eigenvalue weighted by atomic mass is 10.1. The van der Waals surface area contributed by atoms with Gasteiger partial charge in [0, 0.05) is 23.6 Å². The normalized spacial score (nSPS) is 11.1. The van der Waals surface area contributed by atoms with Crippen molar-refractivity contribution < 1.29 is 9.53 Å². The van der Waals surface area contributed by atoms with Crippen LogP contribution in [0.1, 0.15) is 42.1 Å². The van der Waals surface area contributed by atoms with E-state index in [1.807, 2.05) is 13.0 Å². The molecule has 2 rings (SSSR count). The van der Waals surface area contributed by atoms with E-state index in [-0.39, 0.29) is 0 Å². The number of carbonyl (C=O) groups excluding carboxylic acids is 1. The molecule has 2 aromatic rings. The molecule has 0 aliphatic heterocycles. The van der Waals surface area contributed by atoms with E-state index in [1.54, 1.807) is 13.2 Å². The second-order valence-electron chi connectivity index (χ2n) is 5.39. The fourth-order valence-electron chi connectivity index (χ4n) is 2.18. The molecular weight excluding hydrogens is 252 g/mol. The summed E-state index contributed by atoms with van der Waals surface area (Å²) < 4.78 is 5.23. The fourth-order valence-corrected chi connectivity index (χ4v) is 2.18. The third-order valence-corrected chi connectivity index (χ3v) is 3.36. The lowest BCUT2D eigenvalue weighted by Gasteiger charge is -2.10. The molecule has 1 heterocycles. The molecule has 20 heavy (non-hydrogen) atoms. The highest BCUT2D eigenvalue weighted by atomic mass is 16.5. The maximum atomic E-state index is 11.1. The number of aryl methyl sites for hydroxylation is 2. The zero-order valence-corrected chi connectivity index (χ0v) is 12.4. The van der Waals surface area contributed by atoms with Gasteiger partial charge in [-0.2, -0.15) is 0 Å². The number of aromatic nitrogens is 2. The van der Waals surface area contributed by atoms with E-state index in [9.17, 15) is 4.79 Å². The molecule has 0 N–H and O–H groups in total. The van der Waals surface area contributed by atoms with Crippen molar-refractivity contribution in [3.05, 3.63) is 29.2 Å². The van der Waals surface area contributed by atoms with Crippen LogP contribution in [0.2, 0.25) is 0 Å². The van der Waals surface area contributed by atoms with Crippen LogP contribution >= 0.6 is 0 Å². The van der Waals surface area contributed by atoms with Crippen LogP contribution in [0.3, 0.4) is 0 Å². The molecule has 0 radical (unpaired) electrons. The van der Waals surface area contributed by atoms with Gasteiger partial charge < -0.3 is 4.74 Å². The number of benzene rings is 1. The number of carbonyl (C=O) groups is 1. The monoisotopic (exact) mass is 272 g/mol. The number of hydrogen-bond acceptors (Lipinski definition) is 4. The van der Waals surface area contributed by atoms with Crippen LogP contribution in [-0.2, 0) is 6.42 Å². The molecule has 0 saturated carbocycles. The zero-order chi connectivity index (χ0) is 14.7. The van der Waals surface area contributed by atoms with E-state index >= 15 is 0 Å². The van der Waals surface area contributed by atoms with E-state index in [0.717, 1.165) is 41.5 Å². The molecule has 1 aromatic heterocycles. The van der Waals surface area contributed by atoms with E-state index in [0.29, 0.717) is 17.2 Å². The molecule has 0 saturated heterocycles. The second kappa shape index (κ2) is 5.99. The van der Waals surface area contributed by atoms with E-state index < -0.39 is 0 Å². The van der Waals surface area contributed by atoms with Gasteiger partial charge in [0.15, 0.2) is 6.29 Å². The summed E-state index contributed by atoms with van der Waals surface area (Å²) in [6.45, 7) is 6.32. The van der Waals surface area contributed by atoms with Crippen molar-refractivity contribution in [3.8, 4) is 5.75 Å². The molecule has 0 aliphatic carbocycles. The summed E-state index contributed by atoms with van der Waals surface area (Å²) in [5.41, 5.74) is 2.26. The minimum absolute atomic E-state index is 0.529. The molecule has 0 aliphatic rings. The van der Waals surface area contributed by atoms with Crippen LogP contribution in [0, 0.1) is 12.8 Å². The number of fused-ring (bicyclic) bond motifs is 1. The molecule has 0 bridgehead atoms. The van der Waals surface area contributed by atoms with Crippen LogP contribution in [0.4, 0.5) is 0 Å². The Morgan fingerprint density at radius 3 is 2.65 bits per heavy atom. The number of aldehydes is 1. The first-order valence-corrected chi connectivity index (χ1v) is 6.85. The summed E-state index contributed by atoms with van der Waals surface area (Å²) in [6, 6.07) is 3.61. The molecule has 0 spiro atoms. The van der Waals surface area contributed by atoms with Gasteiger partial charge in [-0.3, -0.25) is 4.79 Å². The Labute approximate surface area is 119 Å². The Kier molecular flexibility index (Phi) is 4.32. The Hall–Kier alpha value is -1.97. The number of ether oxygens (including phenoxy) is 1. The van der Waals surface area contributed by atoms with Crippen molar-refractivity contribution in [2.45, 2.75) is 33.6 Å². The van der Waals surface area contributed by atoms with Gasteiger partial charge in [-0.25, -0.2) is 9.97 Å². The lowest BCUT2D eigenvalue weighted by molar-refractivity contribution is 0.112. The number of nitrogens with zero attached hydrogens (tertiary/aromatic N) is 2. The van der Waals surface area contributed by atoms with E-state index in [4.69, 9.17) is 4.74 Å². The highest BCUT2D eigenvalue weighted by molar-refractivity contribution is 5.91. The van der Waals surface area contributed by atoms with Crippen molar-refractivity contribution in [2.75, 3.05) is 7.11 Å². The summed E-state index contributed by atoms with van der Waals surface area (Å²) in [6.07, 6.45) is 2.73. The van der Waals surface area contributed by atoms with Crippen molar-refractivity contribution in [1.82, 2.24) is 9.97 Å². The summed E-state index contributed by atoms with van der Waals surface area (Å²) in [5, 5.41) is 0.904. The first-order chi connectivity index (χ1) is 9.55. The molecule has 0 unspecified atom stereocenters. The van der Waals surface area contributed by atoms with Gasteiger partial charge in [-0.15, -0.1) is 0 Å². The van der Waals surface area contributed by atoms with Crippen molar-refractivity contribution in [1.29, 1.82) is 0 Å². The van der Waals surface area contributed by atoms with Crippen molar-refractivity contribution >= 4 is 17.2 Å². The number of rotatable bonds is 5. The smallest absolute Gasteiger partial charge is 0.153 e. The van der Waals surface area contributed by atoms with Gasteiger partial charge in [-0.05, 0) is 25.3 Å². The molecule has 0 amide bonds. The predicted molar refractivity (Wildman–Crippen MR) is 79.4 cm³/mol. The maximum absolute atomic E-state index is 11.1. The van der Waals surface area contributed by atoms with Crippen molar-refractivity contribution in [2.24, 2.45) is 5.92 Å². The Bertz CT molecular complexity index is 636. The summed E-state index contributed by atoms with van der Waals surface area (Å²) in [5.74, 6) is 2.03. The number of hydrogen-bond donors (Lipinski definition) is 0. The van der Waals surface area contributed by atoms with Gasteiger partial charge in [-0.1, -0.05) is 13.8 Å². The SMILES string of the molecule is COc1cc2nc(CCC(C)C)nc(C)c2cc1C=O. The summed E-state index contributed by atoms with van der Waals surface area (Å²) >= 11 is 0. The molecular formula is C16H20N2O2. The zero-order valence-electron chi connectivity index (χ0n) is 12.4. The highest BCUT2D eigenvalue weighted by Gasteiger charge is 2.10. The van der Waals surface area contributed by atoms with Crippen LogP contribution < -0.4 is 4.74 Å². The average Bonchev–Trinajstić information content (AvgIpc) is 2.43. The van der Waals surface area contributed by atoms with E-state index in [2.05, 4.69) is 23.8 Å². The summed E-state index contributed by atoms with van der Waals surface area (Å²) in [7, 11) is 1.56. The maximum Gasteiger partial charge on any atom is 0.153 e. The summed E-state index contributed by atoms with van der Waals surface area (Å²) in [4.78, 5) is 20.2. The fraction of sp³-hybridized carbons (Fsp3) is 0.438. The standard InChI is InChI=1S/C16H20N2O2/c1-10(2)5-6-16-17-11(3)13-7-12(9-19)15(20-4)8-14(13)18-16/h7-10H,5-6H2,1-4H3. The topological polar surface area (TPSA) is 52.1 Å². The van der Waals surface area contributed by atoms with Crippen LogP contribution in [0.25, 0.3) is 10.9 Å². The Morgan fingerprint density at radius 1 is 1.30 bits per heavy atom. The first-order valence-electron chi connectivity index (χ1n) is 6.85. The lowest BCUT2D eigenvalue weighted by Crippen LogP contribution is -2.02. The molecule has 4 nitrogen and oxygen atoms in total. The van der Waals surface area contributed by atoms with Crippen LogP contribution in [0.15, 0.2) is 12.1 Å². The number of methoxy groups -OCH3 is 1. The van der Waals surface area contributed by atoms with Gasteiger partial charge in [0.1, 0.15) is 11.6 Å². The Balaban J connectivity index is 2.50. The minimum Gasteiger partial charge on any atom is -0.496 e. The van der Waals surface area contributed by atoms with Gasteiger partial charge >= 0.3 is 0 Å². The van der Waals surface area contributed by atoms with Gasteiger partial charge in [0.2, 0.25) is 0 Å². The third-order valence-electron chi connectivity index (χ3n) is 3.36. The molecule has 0 atom stereocenters. The molecule has 106 valence electrons. The van der Waals surface area contributed by atoms with Crippen LogP contribution in [0.5, 0.6) is 5.75 Å². The first kappa shape index (κ1) is 14.4. The molecule has 4 heteroatoms. The van der Waals surface area contributed by atoms with Gasteiger partial charge in [0.05, 0.1) is 18.2 Å².